The van der Waals surface area contributed by atoms with E-state index in [1.165, 1.54) is 76.6 Å². The summed E-state index contributed by atoms with van der Waals surface area (Å²) in [6.07, 6.45) is 6.84. The molecule has 3 atom stereocenters. The van der Waals surface area contributed by atoms with Gasteiger partial charge in [-0.2, -0.15) is 0 Å². The summed E-state index contributed by atoms with van der Waals surface area (Å²) < 4.78 is 6.45. The Morgan fingerprint density at radius 1 is 0.475 bits per heavy atom. The van der Waals surface area contributed by atoms with Crippen molar-refractivity contribution >= 4 is 39.0 Å². The Morgan fingerprint density at radius 2 is 1.11 bits per heavy atom. The summed E-state index contributed by atoms with van der Waals surface area (Å²) in [6, 6.07) is 69.7. The van der Waals surface area contributed by atoms with E-state index in [1.807, 2.05) is 0 Å². The van der Waals surface area contributed by atoms with Crippen molar-refractivity contribution in [3.63, 3.8) is 0 Å². The Balaban J connectivity index is 0.985. The van der Waals surface area contributed by atoms with Gasteiger partial charge in [-0.25, -0.2) is 0 Å². The summed E-state index contributed by atoms with van der Waals surface area (Å²) in [5.41, 5.74) is 19.1. The van der Waals surface area contributed by atoms with Crippen LogP contribution in [-0.2, 0) is 5.41 Å². The Bertz CT molecular complexity index is 3150. The van der Waals surface area contributed by atoms with Crippen molar-refractivity contribution in [2.24, 2.45) is 23.2 Å². The van der Waals surface area contributed by atoms with E-state index in [4.69, 9.17) is 4.42 Å². The minimum atomic E-state index is 0.0262. The number of fused-ring (bicyclic) bond motifs is 6. The van der Waals surface area contributed by atoms with E-state index >= 15 is 0 Å². The van der Waals surface area contributed by atoms with Crippen LogP contribution in [0, 0.1) is 23.2 Å². The molecule has 1 aromatic heterocycles. The van der Waals surface area contributed by atoms with Crippen LogP contribution in [-0.4, -0.2) is 0 Å². The number of para-hydroxylation sites is 1. The molecule has 8 aromatic carbocycles. The smallest absolute Gasteiger partial charge is 0.137 e. The Kier molecular flexibility index (Phi) is 7.59. The minimum absolute atomic E-state index is 0.0262. The molecular weight excluding hydrogens is 739 g/mol. The van der Waals surface area contributed by atoms with E-state index in [0.29, 0.717) is 5.92 Å². The van der Waals surface area contributed by atoms with Crippen molar-refractivity contribution in [3.05, 3.63) is 199 Å². The molecule has 14 rings (SSSR count). The fourth-order valence-corrected chi connectivity index (χ4v) is 13.6. The number of benzene rings is 8. The largest absolute Gasteiger partial charge is 0.456 e. The van der Waals surface area contributed by atoms with Crippen molar-refractivity contribution in [2.45, 2.75) is 44.4 Å². The zero-order chi connectivity index (χ0) is 40.3. The van der Waals surface area contributed by atoms with Gasteiger partial charge in [0.25, 0.3) is 0 Å². The van der Waals surface area contributed by atoms with E-state index in [1.54, 1.807) is 11.1 Å². The highest BCUT2D eigenvalue weighted by Crippen LogP contribution is 2.75. The van der Waals surface area contributed by atoms with Crippen LogP contribution in [0.1, 0.15) is 50.2 Å². The lowest BCUT2D eigenvalue weighted by atomic mass is 9.37. The normalized spacial score (nSPS) is 23.1. The highest BCUT2D eigenvalue weighted by atomic mass is 16.3. The summed E-state index contributed by atoms with van der Waals surface area (Å²) in [6.45, 7) is 2.68. The van der Waals surface area contributed by atoms with Crippen LogP contribution < -0.4 is 4.90 Å². The molecule has 0 N–H and O–H groups in total. The molecule has 4 bridgehead atoms. The third kappa shape index (κ3) is 5.09. The first-order valence-corrected chi connectivity index (χ1v) is 22.4. The number of rotatable bonds is 6. The lowest BCUT2D eigenvalue weighted by Gasteiger charge is -2.66. The lowest BCUT2D eigenvalue weighted by molar-refractivity contribution is -0.102. The summed E-state index contributed by atoms with van der Waals surface area (Å²) in [5, 5.41) is 2.24. The minimum Gasteiger partial charge on any atom is -0.456 e. The van der Waals surface area contributed by atoms with Crippen LogP contribution in [0.2, 0.25) is 0 Å². The van der Waals surface area contributed by atoms with Crippen LogP contribution in [0.3, 0.4) is 0 Å². The van der Waals surface area contributed by atoms with Crippen molar-refractivity contribution in [1.82, 2.24) is 0 Å². The van der Waals surface area contributed by atoms with E-state index in [9.17, 15) is 0 Å². The summed E-state index contributed by atoms with van der Waals surface area (Å²) in [7, 11) is 0. The predicted molar refractivity (Wildman–Crippen MR) is 253 cm³/mol. The standard InChI is InChI=1S/C59H47NO/c1-58-36-38-31-39(37-58)33-45(32-38)59(58)51-21-11-20-48(56(51)49-30-27-44(35-52(49)59)41-15-6-3-7-16-41)42-25-28-46(29-26-42)60(47-18-10-17-43(34-47)40-13-4-2-5-14-40)53-22-12-24-55-57(53)50-19-8-9-23-54(50)61-55/h2-30,34-35,38-39,45H,31-33,36-37H2,1H3. The molecule has 0 saturated heterocycles. The number of hydrogen-bond acceptors (Lipinski definition) is 2. The summed E-state index contributed by atoms with van der Waals surface area (Å²) in [5.74, 6) is 2.42. The number of anilines is 3. The maximum atomic E-state index is 6.45. The predicted octanol–water partition coefficient (Wildman–Crippen LogP) is 16.2. The van der Waals surface area contributed by atoms with Gasteiger partial charge in [0.1, 0.15) is 11.2 Å². The summed E-state index contributed by atoms with van der Waals surface area (Å²) in [4.78, 5) is 2.42. The average molecular weight is 786 g/mol. The second-order valence-electron chi connectivity index (χ2n) is 18.8. The monoisotopic (exact) mass is 785 g/mol. The first kappa shape index (κ1) is 35.1. The molecule has 2 nitrogen and oxygen atoms in total. The highest BCUT2D eigenvalue weighted by molar-refractivity contribution is 6.13. The van der Waals surface area contributed by atoms with Gasteiger partial charge in [0.05, 0.1) is 11.1 Å². The molecule has 4 fully saturated rings. The van der Waals surface area contributed by atoms with Gasteiger partial charge in [-0.3, -0.25) is 0 Å². The molecule has 294 valence electrons. The van der Waals surface area contributed by atoms with E-state index in [0.717, 1.165) is 50.8 Å². The van der Waals surface area contributed by atoms with Crippen molar-refractivity contribution in [3.8, 4) is 44.5 Å². The zero-order valence-corrected chi connectivity index (χ0v) is 34.5. The highest BCUT2D eigenvalue weighted by Gasteiger charge is 2.67. The van der Waals surface area contributed by atoms with Crippen molar-refractivity contribution in [2.75, 3.05) is 4.90 Å². The second-order valence-corrected chi connectivity index (χ2v) is 18.8. The second kappa shape index (κ2) is 13.2. The zero-order valence-electron chi connectivity index (χ0n) is 34.5. The molecule has 5 aliphatic rings. The topological polar surface area (TPSA) is 16.4 Å². The van der Waals surface area contributed by atoms with Crippen LogP contribution in [0.4, 0.5) is 17.1 Å². The Labute approximate surface area is 358 Å². The van der Waals surface area contributed by atoms with Crippen molar-refractivity contribution in [1.29, 1.82) is 0 Å². The molecule has 3 unspecified atom stereocenters. The molecule has 1 heterocycles. The van der Waals surface area contributed by atoms with E-state index < -0.39 is 0 Å². The molecule has 4 saturated carbocycles. The molecule has 1 spiro atoms. The van der Waals surface area contributed by atoms with Crippen LogP contribution in [0.25, 0.3) is 66.4 Å². The first-order valence-electron chi connectivity index (χ1n) is 22.4. The number of furan rings is 1. The molecular formula is C59H47NO. The molecule has 9 aromatic rings. The lowest BCUT2D eigenvalue weighted by Crippen LogP contribution is -2.61. The number of nitrogens with zero attached hydrogens (tertiary/aromatic N) is 1. The molecule has 0 amide bonds. The third-order valence-corrected chi connectivity index (χ3v) is 15.5. The quantitative estimate of drug-likeness (QED) is 0.167. The van der Waals surface area contributed by atoms with Gasteiger partial charge >= 0.3 is 0 Å². The maximum absolute atomic E-state index is 6.45. The fourth-order valence-electron chi connectivity index (χ4n) is 13.6. The first-order chi connectivity index (χ1) is 30.1. The van der Waals surface area contributed by atoms with Crippen molar-refractivity contribution < 1.29 is 4.42 Å². The molecule has 0 radical (unpaired) electrons. The van der Waals surface area contributed by atoms with Crippen LogP contribution in [0.5, 0.6) is 0 Å². The average Bonchev–Trinajstić information content (AvgIpc) is 3.84. The third-order valence-electron chi connectivity index (χ3n) is 15.5. The molecule has 5 aliphatic carbocycles. The van der Waals surface area contributed by atoms with Gasteiger partial charge in [0.15, 0.2) is 0 Å². The molecule has 61 heavy (non-hydrogen) atoms. The van der Waals surface area contributed by atoms with Crippen LogP contribution in [0.15, 0.2) is 192 Å². The Hall–Kier alpha value is -6.64. The van der Waals surface area contributed by atoms with Gasteiger partial charge in [0.2, 0.25) is 0 Å². The van der Waals surface area contributed by atoms with Gasteiger partial charge in [-0.15, -0.1) is 0 Å². The Morgan fingerprint density at radius 3 is 1.87 bits per heavy atom. The van der Waals surface area contributed by atoms with Gasteiger partial charge in [-0.1, -0.05) is 146 Å². The van der Waals surface area contributed by atoms with Gasteiger partial charge in [0, 0.05) is 22.2 Å². The maximum Gasteiger partial charge on any atom is 0.137 e. The van der Waals surface area contributed by atoms with Gasteiger partial charge < -0.3 is 9.32 Å². The number of hydrogen-bond donors (Lipinski definition) is 0. The van der Waals surface area contributed by atoms with E-state index in [-0.39, 0.29) is 10.8 Å². The van der Waals surface area contributed by atoms with E-state index in [2.05, 4.69) is 200 Å². The molecule has 0 aliphatic heterocycles. The summed E-state index contributed by atoms with van der Waals surface area (Å²) >= 11 is 0. The van der Waals surface area contributed by atoms with Gasteiger partial charge in [-0.05, 0) is 159 Å². The molecule has 2 heteroatoms. The SMILES string of the molecule is CC12CC3CC(CC(C3)C13c1cc(-c4ccccc4)ccc1-c1c(-c4ccc(N(c5cccc(-c6ccccc6)c5)c5cccc6oc7ccccc7c56)cc4)cccc13)C2. The van der Waals surface area contributed by atoms with Crippen LogP contribution >= 0.6 is 0 Å². The fraction of sp³-hybridized carbons (Fsp3) is 0.186.